The molecular formula is C14H21NO. The highest BCUT2D eigenvalue weighted by Crippen LogP contribution is 2.49. The van der Waals surface area contributed by atoms with Gasteiger partial charge in [-0.3, -0.25) is 4.90 Å². The molecule has 2 heteroatoms. The van der Waals surface area contributed by atoms with Crippen molar-refractivity contribution in [2.24, 2.45) is 0 Å². The maximum atomic E-state index is 9.82. The van der Waals surface area contributed by atoms with Gasteiger partial charge >= 0.3 is 0 Å². The molecule has 0 bridgehead atoms. The topological polar surface area (TPSA) is 23.2 Å². The summed E-state index contributed by atoms with van der Waals surface area (Å²) in [5.74, 6) is 0. The van der Waals surface area contributed by atoms with Gasteiger partial charge in [-0.15, -0.1) is 0 Å². The first kappa shape index (κ1) is 11.6. The van der Waals surface area contributed by atoms with Crippen LogP contribution in [0.25, 0.3) is 0 Å². The van der Waals surface area contributed by atoms with Gasteiger partial charge in [-0.2, -0.15) is 0 Å². The van der Waals surface area contributed by atoms with Gasteiger partial charge in [-0.1, -0.05) is 30.3 Å². The van der Waals surface area contributed by atoms with Gasteiger partial charge in [0.25, 0.3) is 0 Å². The summed E-state index contributed by atoms with van der Waals surface area (Å²) < 4.78 is 0. The minimum absolute atomic E-state index is 0.113. The lowest BCUT2D eigenvalue weighted by Gasteiger charge is -2.23. The van der Waals surface area contributed by atoms with Crippen LogP contribution in [-0.2, 0) is 0 Å². The summed E-state index contributed by atoms with van der Waals surface area (Å²) in [4.78, 5) is 2.38. The van der Waals surface area contributed by atoms with Gasteiger partial charge in [0.15, 0.2) is 0 Å². The molecule has 2 nitrogen and oxygen atoms in total. The highest BCUT2D eigenvalue weighted by molar-refractivity contribution is 5.29. The smallest absolute Gasteiger partial charge is 0.0686 e. The normalized spacial score (nSPS) is 31.2. The van der Waals surface area contributed by atoms with E-state index in [4.69, 9.17) is 0 Å². The first-order valence-electron chi connectivity index (χ1n) is 5.94. The van der Waals surface area contributed by atoms with Crippen molar-refractivity contribution in [3.8, 4) is 0 Å². The van der Waals surface area contributed by atoms with Gasteiger partial charge in [0.1, 0.15) is 0 Å². The second-order valence-electron chi connectivity index (χ2n) is 5.66. The molecule has 1 N–H and O–H groups in total. The van der Waals surface area contributed by atoms with Crippen molar-refractivity contribution in [1.82, 2.24) is 4.90 Å². The van der Waals surface area contributed by atoms with Crippen LogP contribution in [0.2, 0.25) is 0 Å². The Balaban J connectivity index is 2.23. The number of nitrogens with zero attached hydrogens (tertiary/aromatic N) is 1. The van der Waals surface area contributed by atoms with Gasteiger partial charge in [-0.25, -0.2) is 0 Å². The summed E-state index contributed by atoms with van der Waals surface area (Å²) >= 11 is 0. The molecular weight excluding hydrogens is 198 g/mol. The van der Waals surface area contributed by atoms with Crippen molar-refractivity contribution < 1.29 is 5.11 Å². The third kappa shape index (κ3) is 2.00. The summed E-state index contributed by atoms with van der Waals surface area (Å²) in [6.07, 6.45) is -0.274. The number of aliphatic hydroxyl groups is 1. The number of hydrogen-bond acceptors (Lipinski definition) is 2. The Labute approximate surface area is 97.9 Å². The lowest BCUT2D eigenvalue weighted by molar-refractivity contribution is 0.151. The molecule has 1 aromatic carbocycles. The largest absolute Gasteiger partial charge is 0.392 e. The molecule has 0 saturated carbocycles. The fraction of sp³-hybridized carbons (Fsp3) is 0.571. The van der Waals surface area contributed by atoms with Crippen molar-refractivity contribution in [3.05, 3.63) is 35.9 Å². The van der Waals surface area contributed by atoms with E-state index in [1.54, 1.807) is 0 Å². The number of hydrogen-bond donors (Lipinski definition) is 1. The molecule has 0 spiro atoms. The highest BCUT2D eigenvalue weighted by Gasteiger charge is 2.55. The Kier molecular flexibility index (Phi) is 2.81. The summed E-state index contributed by atoms with van der Waals surface area (Å²) in [5, 5.41) is 9.82. The highest BCUT2D eigenvalue weighted by atomic mass is 16.3. The van der Waals surface area contributed by atoms with Crippen molar-refractivity contribution in [1.29, 1.82) is 0 Å². The number of benzene rings is 1. The first-order valence-corrected chi connectivity index (χ1v) is 5.94. The maximum Gasteiger partial charge on any atom is 0.0686 e. The molecule has 1 aliphatic rings. The summed E-state index contributed by atoms with van der Waals surface area (Å²) in [6.45, 7) is 8.48. The average Bonchev–Trinajstić information content (AvgIpc) is 2.93. The van der Waals surface area contributed by atoms with E-state index in [-0.39, 0.29) is 17.7 Å². The van der Waals surface area contributed by atoms with Gasteiger partial charge < -0.3 is 5.11 Å². The Morgan fingerprint density at radius 3 is 2.12 bits per heavy atom. The van der Waals surface area contributed by atoms with Crippen LogP contribution in [0.3, 0.4) is 0 Å². The fourth-order valence-electron chi connectivity index (χ4n) is 2.62. The third-order valence-electron chi connectivity index (χ3n) is 3.26. The maximum absolute atomic E-state index is 9.82. The molecule has 1 aromatic rings. The monoisotopic (exact) mass is 219 g/mol. The molecule has 1 aliphatic heterocycles. The fourth-order valence-corrected chi connectivity index (χ4v) is 2.62. The molecule has 1 saturated heterocycles. The predicted molar refractivity (Wildman–Crippen MR) is 66.2 cm³/mol. The van der Waals surface area contributed by atoms with E-state index in [2.05, 4.69) is 49.9 Å². The van der Waals surface area contributed by atoms with Gasteiger partial charge in [0.05, 0.1) is 18.2 Å². The van der Waals surface area contributed by atoms with E-state index in [1.165, 1.54) is 5.56 Å². The summed E-state index contributed by atoms with van der Waals surface area (Å²) in [6, 6.07) is 11.1. The first-order chi connectivity index (χ1) is 7.43. The Bertz CT molecular complexity index is 353. The van der Waals surface area contributed by atoms with Crippen molar-refractivity contribution >= 4 is 0 Å². The molecule has 88 valence electrons. The molecule has 0 radical (unpaired) electrons. The van der Waals surface area contributed by atoms with E-state index < -0.39 is 0 Å². The molecule has 4 atom stereocenters. The molecule has 16 heavy (non-hydrogen) atoms. The SMILES string of the molecule is C[C@@H](O)[C@@H]1[C@H](c2ccccc2)N1C(C)(C)C. The van der Waals surface area contributed by atoms with E-state index in [9.17, 15) is 5.11 Å². The van der Waals surface area contributed by atoms with Crippen molar-refractivity contribution in [2.75, 3.05) is 0 Å². The summed E-state index contributed by atoms with van der Waals surface area (Å²) in [7, 11) is 0. The second kappa shape index (κ2) is 3.86. The van der Waals surface area contributed by atoms with Crippen LogP contribution >= 0.6 is 0 Å². The summed E-state index contributed by atoms with van der Waals surface area (Å²) in [5.41, 5.74) is 1.42. The molecule has 1 heterocycles. The van der Waals surface area contributed by atoms with Gasteiger partial charge in [-0.05, 0) is 33.3 Å². The van der Waals surface area contributed by atoms with Gasteiger partial charge in [0.2, 0.25) is 0 Å². The number of rotatable bonds is 2. The van der Waals surface area contributed by atoms with Crippen LogP contribution in [0.15, 0.2) is 30.3 Å². The zero-order valence-electron chi connectivity index (χ0n) is 10.5. The minimum atomic E-state index is -0.274. The minimum Gasteiger partial charge on any atom is -0.392 e. The van der Waals surface area contributed by atoms with Crippen LogP contribution < -0.4 is 0 Å². The molecule has 0 aliphatic carbocycles. The second-order valence-corrected chi connectivity index (χ2v) is 5.66. The molecule has 0 aromatic heterocycles. The van der Waals surface area contributed by atoms with Crippen LogP contribution in [0.4, 0.5) is 0 Å². The lowest BCUT2D eigenvalue weighted by atomic mass is 10.1. The van der Waals surface area contributed by atoms with Crippen molar-refractivity contribution in [2.45, 2.75) is 51.4 Å². The molecule has 2 rings (SSSR count). The standard InChI is InChI=1S/C14H21NO/c1-10(16)12-13(15(12)14(2,3)4)11-8-6-5-7-9-11/h5-10,12-13,16H,1-4H3/t10-,12-,13+,15?/m1/s1. The lowest BCUT2D eigenvalue weighted by Crippen LogP contribution is -2.30. The van der Waals surface area contributed by atoms with E-state index in [0.29, 0.717) is 6.04 Å². The number of aliphatic hydroxyl groups excluding tert-OH is 1. The van der Waals surface area contributed by atoms with E-state index >= 15 is 0 Å². The average molecular weight is 219 g/mol. The Hall–Kier alpha value is -0.860. The van der Waals surface area contributed by atoms with Crippen LogP contribution in [0.5, 0.6) is 0 Å². The van der Waals surface area contributed by atoms with Crippen LogP contribution in [0, 0.1) is 0 Å². The molecule has 1 fully saturated rings. The molecule has 0 amide bonds. The van der Waals surface area contributed by atoms with Gasteiger partial charge in [0, 0.05) is 5.54 Å². The van der Waals surface area contributed by atoms with Crippen LogP contribution in [0.1, 0.15) is 39.3 Å². The van der Waals surface area contributed by atoms with Crippen molar-refractivity contribution in [3.63, 3.8) is 0 Å². The Morgan fingerprint density at radius 1 is 1.19 bits per heavy atom. The third-order valence-corrected chi connectivity index (χ3v) is 3.26. The van der Waals surface area contributed by atoms with E-state index in [0.717, 1.165) is 0 Å². The zero-order chi connectivity index (χ0) is 11.9. The molecule has 1 unspecified atom stereocenters. The predicted octanol–water partition coefficient (Wildman–Crippen LogP) is 2.59. The zero-order valence-corrected chi connectivity index (χ0v) is 10.5. The van der Waals surface area contributed by atoms with Crippen LogP contribution in [-0.4, -0.2) is 27.7 Å². The quantitative estimate of drug-likeness (QED) is 0.773. The van der Waals surface area contributed by atoms with E-state index in [1.807, 2.05) is 13.0 Å². The Morgan fingerprint density at radius 2 is 1.75 bits per heavy atom.